The maximum atomic E-state index is 5.50. The molecule has 0 amide bonds. The summed E-state index contributed by atoms with van der Waals surface area (Å²) in [6.45, 7) is 9.44. The molecule has 0 saturated carbocycles. The summed E-state index contributed by atoms with van der Waals surface area (Å²) in [5.41, 5.74) is 4.35. The predicted octanol–water partition coefficient (Wildman–Crippen LogP) is 3.04. The van der Waals surface area contributed by atoms with Gasteiger partial charge < -0.3 is 10.1 Å². The fourth-order valence-corrected chi connectivity index (χ4v) is 2.45. The molecule has 1 heterocycles. The Morgan fingerprint density at radius 2 is 2.22 bits per heavy atom. The van der Waals surface area contributed by atoms with E-state index in [-0.39, 0.29) is 0 Å². The molecule has 1 saturated heterocycles. The normalized spacial score (nSPS) is 20.3. The minimum atomic E-state index is 0.529. The van der Waals surface area contributed by atoms with Crippen LogP contribution >= 0.6 is 0 Å². The van der Waals surface area contributed by atoms with E-state index in [1.54, 1.807) is 0 Å². The lowest BCUT2D eigenvalue weighted by Crippen LogP contribution is -2.41. The van der Waals surface area contributed by atoms with E-state index in [0.717, 1.165) is 26.2 Å². The maximum Gasteiger partial charge on any atom is 0.0620 e. The lowest BCUT2D eigenvalue weighted by molar-refractivity contribution is 0.0743. The summed E-state index contributed by atoms with van der Waals surface area (Å²) in [7, 11) is 0. The minimum Gasteiger partial charge on any atom is -0.379 e. The average molecular weight is 247 g/mol. The summed E-state index contributed by atoms with van der Waals surface area (Å²) in [6.07, 6.45) is 2.32. The first kappa shape index (κ1) is 13.6. The van der Waals surface area contributed by atoms with Crippen LogP contribution in [-0.4, -0.2) is 25.8 Å². The van der Waals surface area contributed by atoms with Crippen LogP contribution in [0.2, 0.25) is 0 Å². The highest BCUT2D eigenvalue weighted by molar-refractivity contribution is 5.32. The summed E-state index contributed by atoms with van der Waals surface area (Å²) < 4.78 is 5.50. The van der Waals surface area contributed by atoms with Gasteiger partial charge in [0.2, 0.25) is 0 Å². The Morgan fingerprint density at radius 1 is 1.39 bits per heavy atom. The van der Waals surface area contributed by atoms with Crippen LogP contribution in [0.1, 0.15) is 42.9 Å². The van der Waals surface area contributed by atoms with Crippen molar-refractivity contribution in [3.05, 3.63) is 34.9 Å². The second-order valence-electron chi connectivity index (χ2n) is 5.61. The molecule has 100 valence electrons. The molecule has 0 aromatic heterocycles. The molecule has 2 heteroatoms. The number of morpholine rings is 1. The number of aryl methyl sites for hydroxylation is 2. The molecular formula is C16H25NO. The van der Waals surface area contributed by atoms with Crippen LogP contribution in [0.5, 0.6) is 0 Å². The van der Waals surface area contributed by atoms with Gasteiger partial charge in [0, 0.05) is 12.6 Å². The zero-order chi connectivity index (χ0) is 13.0. The third kappa shape index (κ3) is 3.56. The van der Waals surface area contributed by atoms with Gasteiger partial charge in [0.25, 0.3) is 0 Å². The highest BCUT2D eigenvalue weighted by atomic mass is 16.5. The zero-order valence-electron chi connectivity index (χ0n) is 11.8. The molecule has 1 unspecified atom stereocenters. The number of benzene rings is 1. The molecule has 0 spiro atoms. The van der Waals surface area contributed by atoms with Crippen molar-refractivity contribution in [1.29, 1.82) is 0 Å². The first-order chi connectivity index (χ1) is 8.66. The average Bonchev–Trinajstić information content (AvgIpc) is 2.38. The van der Waals surface area contributed by atoms with Crippen LogP contribution < -0.4 is 5.32 Å². The van der Waals surface area contributed by atoms with Crippen molar-refractivity contribution in [3.63, 3.8) is 0 Å². The van der Waals surface area contributed by atoms with E-state index in [1.807, 2.05) is 0 Å². The number of nitrogens with one attached hydrogen (secondary N) is 1. The van der Waals surface area contributed by atoms with Gasteiger partial charge in [-0.2, -0.15) is 0 Å². The van der Waals surface area contributed by atoms with Gasteiger partial charge in [0.15, 0.2) is 0 Å². The van der Waals surface area contributed by atoms with Crippen molar-refractivity contribution < 1.29 is 4.74 Å². The molecule has 1 N–H and O–H groups in total. The summed E-state index contributed by atoms with van der Waals surface area (Å²) in [5, 5.41) is 3.52. The smallest absolute Gasteiger partial charge is 0.0620 e. The molecule has 2 rings (SSSR count). The minimum absolute atomic E-state index is 0.529. The van der Waals surface area contributed by atoms with Crippen LogP contribution in [0.15, 0.2) is 18.2 Å². The second kappa shape index (κ2) is 6.35. The molecule has 0 radical (unpaired) electrons. The Balaban J connectivity index is 1.97. The lowest BCUT2D eigenvalue weighted by Gasteiger charge is -2.24. The van der Waals surface area contributed by atoms with E-state index in [4.69, 9.17) is 4.74 Å². The van der Waals surface area contributed by atoms with Crippen molar-refractivity contribution in [2.75, 3.05) is 19.8 Å². The van der Waals surface area contributed by atoms with Crippen LogP contribution in [0.25, 0.3) is 0 Å². The highest BCUT2D eigenvalue weighted by Gasteiger charge is 2.13. The molecule has 1 aromatic carbocycles. The largest absolute Gasteiger partial charge is 0.379 e. The van der Waals surface area contributed by atoms with Crippen molar-refractivity contribution in [2.24, 2.45) is 0 Å². The van der Waals surface area contributed by atoms with Gasteiger partial charge in [-0.3, -0.25) is 0 Å². The number of hydrogen-bond donors (Lipinski definition) is 1. The predicted molar refractivity (Wildman–Crippen MR) is 76.2 cm³/mol. The van der Waals surface area contributed by atoms with E-state index in [1.165, 1.54) is 23.1 Å². The molecule has 1 aliphatic rings. The van der Waals surface area contributed by atoms with Crippen LogP contribution in [-0.2, 0) is 11.2 Å². The Bertz CT molecular complexity index is 381. The van der Waals surface area contributed by atoms with Gasteiger partial charge in [0.1, 0.15) is 0 Å². The summed E-state index contributed by atoms with van der Waals surface area (Å²) in [6, 6.07) is 7.42. The second-order valence-corrected chi connectivity index (χ2v) is 5.61. The van der Waals surface area contributed by atoms with E-state index < -0.39 is 0 Å². The topological polar surface area (TPSA) is 21.3 Å². The van der Waals surface area contributed by atoms with E-state index in [2.05, 4.69) is 44.3 Å². The standard InChI is InChI=1S/C16H25NO/c1-12(2)14-5-4-13(3)15(10-14)6-7-16-11-18-9-8-17-16/h4-5,10,12,16-17H,6-9,11H2,1-3H3. The Labute approximate surface area is 111 Å². The van der Waals surface area contributed by atoms with Gasteiger partial charge >= 0.3 is 0 Å². The third-order valence-corrected chi connectivity index (χ3v) is 3.80. The van der Waals surface area contributed by atoms with Crippen molar-refractivity contribution >= 4 is 0 Å². The maximum absolute atomic E-state index is 5.50. The van der Waals surface area contributed by atoms with Gasteiger partial charge in [-0.15, -0.1) is 0 Å². The Morgan fingerprint density at radius 3 is 2.89 bits per heavy atom. The molecular weight excluding hydrogens is 222 g/mol. The highest BCUT2D eigenvalue weighted by Crippen LogP contribution is 2.20. The van der Waals surface area contributed by atoms with Gasteiger partial charge in [0.05, 0.1) is 13.2 Å². The molecule has 1 aromatic rings. The van der Waals surface area contributed by atoms with E-state index in [9.17, 15) is 0 Å². The number of hydrogen-bond acceptors (Lipinski definition) is 2. The molecule has 18 heavy (non-hydrogen) atoms. The van der Waals surface area contributed by atoms with Crippen molar-refractivity contribution in [2.45, 2.75) is 45.6 Å². The van der Waals surface area contributed by atoms with Crippen molar-refractivity contribution in [3.8, 4) is 0 Å². The van der Waals surface area contributed by atoms with Gasteiger partial charge in [-0.1, -0.05) is 32.0 Å². The molecule has 0 bridgehead atoms. The van der Waals surface area contributed by atoms with E-state index >= 15 is 0 Å². The van der Waals surface area contributed by atoms with Gasteiger partial charge in [-0.05, 0) is 42.4 Å². The fraction of sp³-hybridized carbons (Fsp3) is 0.625. The number of ether oxygens (including phenoxy) is 1. The molecule has 2 nitrogen and oxygen atoms in total. The number of rotatable bonds is 4. The first-order valence-electron chi connectivity index (χ1n) is 7.07. The van der Waals surface area contributed by atoms with Gasteiger partial charge in [-0.25, -0.2) is 0 Å². The van der Waals surface area contributed by atoms with Crippen LogP contribution in [0, 0.1) is 6.92 Å². The molecule has 0 aliphatic carbocycles. The quantitative estimate of drug-likeness (QED) is 0.883. The summed E-state index contributed by atoms with van der Waals surface area (Å²) in [4.78, 5) is 0. The molecule has 1 aliphatic heterocycles. The summed E-state index contributed by atoms with van der Waals surface area (Å²) >= 11 is 0. The van der Waals surface area contributed by atoms with Crippen LogP contribution in [0.4, 0.5) is 0 Å². The Kier molecular flexibility index (Phi) is 4.79. The first-order valence-corrected chi connectivity index (χ1v) is 7.07. The lowest BCUT2D eigenvalue weighted by atomic mass is 9.94. The SMILES string of the molecule is Cc1ccc(C(C)C)cc1CCC1COCCN1. The molecule has 1 fully saturated rings. The van der Waals surface area contributed by atoms with E-state index in [0.29, 0.717) is 12.0 Å². The van der Waals surface area contributed by atoms with Crippen molar-refractivity contribution in [1.82, 2.24) is 5.32 Å². The molecule has 1 atom stereocenters. The fourth-order valence-electron chi connectivity index (χ4n) is 2.45. The monoisotopic (exact) mass is 247 g/mol. The summed E-state index contributed by atoms with van der Waals surface area (Å²) in [5.74, 6) is 0.612. The zero-order valence-corrected chi connectivity index (χ0v) is 11.8. The van der Waals surface area contributed by atoms with Crippen LogP contribution in [0.3, 0.4) is 0 Å². The Hall–Kier alpha value is -0.860. The third-order valence-electron chi connectivity index (χ3n) is 3.80.